The molecule has 3 heterocycles. The molecule has 0 unspecified atom stereocenters. The van der Waals surface area contributed by atoms with E-state index in [1.165, 1.54) is 11.3 Å². The highest BCUT2D eigenvalue weighted by molar-refractivity contribution is 7.13. The largest absolute Gasteiger partial charge is 0.481 e. The summed E-state index contributed by atoms with van der Waals surface area (Å²) >= 11 is 1.54. The molecule has 1 aliphatic carbocycles. The normalized spacial score (nSPS) is 31.2. The molecule has 1 aromatic rings. The van der Waals surface area contributed by atoms with Crippen LogP contribution in [0.25, 0.3) is 0 Å². The number of anilines is 1. The van der Waals surface area contributed by atoms with Crippen molar-refractivity contribution in [2.75, 3.05) is 31.1 Å². The van der Waals surface area contributed by atoms with E-state index in [0.29, 0.717) is 26.2 Å². The van der Waals surface area contributed by atoms with Crippen LogP contribution in [0.5, 0.6) is 0 Å². The van der Waals surface area contributed by atoms with E-state index in [2.05, 4.69) is 9.88 Å². The number of carbonyl (C=O) groups is 2. The maximum absolute atomic E-state index is 12.4. The molecule has 4 rings (SSSR count). The number of aliphatic carboxylic acids is 1. The van der Waals surface area contributed by atoms with E-state index >= 15 is 0 Å². The zero-order valence-electron chi connectivity index (χ0n) is 12.3. The SMILES string of the molecule is O=C(C1CCC1)N1C[C@@H]2CN(c3nccs3)C[C@]2(C(=O)O)C1. The number of carbonyl (C=O) groups excluding carboxylic acids is 1. The predicted molar refractivity (Wildman–Crippen MR) is 81.8 cm³/mol. The Bertz CT molecular complexity index is 601. The maximum Gasteiger partial charge on any atom is 0.313 e. The van der Waals surface area contributed by atoms with Gasteiger partial charge in [0, 0.05) is 49.6 Å². The number of rotatable bonds is 3. The zero-order valence-corrected chi connectivity index (χ0v) is 13.1. The molecule has 0 radical (unpaired) electrons. The van der Waals surface area contributed by atoms with E-state index in [1.54, 1.807) is 6.20 Å². The Kier molecular flexibility index (Phi) is 3.14. The van der Waals surface area contributed by atoms with Gasteiger partial charge in [0.15, 0.2) is 5.13 Å². The molecule has 6 nitrogen and oxygen atoms in total. The lowest BCUT2D eigenvalue weighted by Crippen LogP contribution is -2.44. The van der Waals surface area contributed by atoms with Crippen LogP contribution in [-0.4, -0.2) is 53.0 Å². The molecule has 1 saturated carbocycles. The molecule has 1 amide bonds. The van der Waals surface area contributed by atoms with Crippen LogP contribution in [-0.2, 0) is 9.59 Å². The quantitative estimate of drug-likeness (QED) is 0.908. The molecule has 7 heteroatoms. The van der Waals surface area contributed by atoms with E-state index in [0.717, 1.165) is 24.4 Å². The molecular weight excluding hydrogens is 302 g/mol. The lowest BCUT2D eigenvalue weighted by Gasteiger charge is -2.31. The number of carboxylic acids is 1. The summed E-state index contributed by atoms with van der Waals surface area (Å²) in [5.74, 6) is -0.472. The average molecular weight is 321 g/mol. The van der Waals surface area contributed by atoms with Gasteiger partial charge in [0.2, 0.25) is 5.91 Å². The summed E-state index contributed by atoms with van der Waals surface area (Å²) in [6, 6.07) is 0. The summed E-state index contributed by atoms with van der Waals surface area (Å²) in [6.07, 6.45) is 4.79. The van der Waals surface area contributed by atoms with Crippen LogP contribution >= 0.6 is 11.3 Å². The first-order valence-electron chi connectivity index (χ1n) is 7.77. The summed E-state index contributed by atoms with van der Waals surface area (Å²) in [5.41, 5.74) is -0.828. The fourth-order valence-corrected chi connectivity index (χ4v) is 4.62. The summed E-state index contributed by atoms with van der Waals surface area (Å²) < 4.78 is 0. The first kappa shape index (κ1) is 14.0. The first-order valence-corrected chi connectivity index (χ1v) is 8.65. The second-order valence-corrected chi connectivity index (χ2v) is 7.57. The molecule has 22 heavy (non-hydrogen) atoms. The molecule has 3 fully saturated rings. The van der Waals surface area contributed by atoms with E-state index in [4.69, 9.17) is 0 Å². The third-order valence-electron chi connectivity index (χ3n) is 5.49. The first-order chi connectivity index (χ1) is 10.6. The number of likely N-dealkylation sites (tertiary alicyclic amines) is 1. The van der Waals surface area contributed by atoms with E-state index < -0.39 is 11.4 Å². The highest BCUT2D eigenvalue weighted by Crippen LogP contribution is 2.45. The van der Waals surface area contributed by atoms with Gasteiger partial charge in [-0.15, -0.1) is 11.3 Å². The fourth-order valence-electron chi connectivity index (χ4n) is 3.97. The summed E-state index contributed by atoms with van der Waals surface area (Å²) in [7, 11) is 0. The van der Waals surface area contributed by atoms with Gasteiger partial charge in [-0.05, 0) is 12.8 Å². The number of hydrogen-bond donors (Lipinski definition) is 1. The molecule has 2 saturated heterocycles. The van der Waals surface area contributed by atoms with E-state index in [-0.39, 0.29) is 17.7 Å². The molecule has 0 spiro atoms. The Morgan fingerprint density at radius 1 is 1.32 bits per heavy atom. The second kappa shape index (κ2) is 4.94. The third kappa shape index (κ3) is 1.95. The van der Waals surface area contributed by atoms with Crippen LogP contribution in [0.3, 0.4) is 0 Å². The lowest BCUT2D eigenvalue weighted by molar-refractivity contribution is -0.149. The molecule has 2 atom stereocenters. The Balaban J connectivity index is 1.54. The van der Waals surface area contributed by atoms with Crippen LogP contribution in [0.1, 0.15) is 19.3 Å². The minimum absolute atomic E-state index is 0.00192. The van der Waals surface area contributed by atoms with Gasteiger partial charge in [-0.3, -0.25) is 9.59 Å². The predicted octanol–water partition coefficient (Wildman–Crippen LogP) is 1.29. The van der Waals surface area contributed by atoms with Gasteiger partial charge in [0.1, 0.15) is 5.41 Å². The summed E-state index contributed by atoms with van der Waals surface area (Å²) in [5, 5.41) is 12.6. The summed E-state index contributed by atoms with van der Waals surface area (Å²) in [6.45, 7) is 2.05. The number of thiazole rings is 1. The lowest BCUT2D eigenvalue weighted by atomic mass is 9.81. The molecule has 0 bridgehead atoms. The highest BCUT2D eigenvalue weighted by Gasteiger charge is 2.59. The van der Waals surface area contributed by atoms with Crippen molar-refractivity contribution < 1.29 is 14.7 Å². The van der Waals surface area contributed by atoms with Gasteiger partial charge in [-0.2, -0.15) is 0 Å². The fraction of sp³-hybridized carbons (Fsp3) is 0.667. The van der Waals surface area contributed by atoms with Gasteiger partial charge < -0.3 is 14.9 Å². The zero-order chi connectivity index (χ0) is 15.3. The Morgan fingerprint density at radius 3 is 2.68 bits per heavy atom. The Labute approximate surface area is 132 Å². The highest BCUT2D eigenvalue weighted by atomic mass is 32.1. The smallest absolute Gasteiger partial charge is 0.313 e. The van der Waals surface area contributed by atoms with Crippen LogP contribution < -0.4 is 4.90 Å². The molecule has 2 aliphatic heterocycles. The van der Waals surface area contributed by atoms with Gasteiger partial charge >= 0.3 is 5.97 Å². The van der Waals surface area contributed by atoms with Crippen LogP contribution in [0.15, 0.2) is 11.6 Å². The molecule has 0 aromatic carbocycles. The Hall–Kier alpha value is -1.63. The van der Waals surface area contributed by atoms with Crippen LogP contribution in [0.2, 0.25) is 0 Å². The van der Waals surface area contributed by atoms with Crippen molar-refractivity contribution in [3.8, 4) is 0 Å². The van der Waals surface area contributed by atoms with E-state index in [9.17, 15) is 14.7 Å². The Morgan fingerprint density at radius 2 is 2.14 bits per heavy atom. The average Bonchev–Trinajstić information content (AvgIpc) is 3.10. The minimum Gasteiger partial charge on any atom is -0.481 e. The van der Waals surface area contributed by atoms with Crippen molar-refractivity contribution in [2.45, 2.75) is 19.3 Å². The molecule has 1 aromatic heterocycles. The number of fused-ring (bicyclic) bond motifs is 1. The van der Waals surface area contributed by atoms with Crippen molar-refractivity contribution >= 4 is 28.3 Å². The monoisotopic (exact) mass is 321 g/mol. The number of carboxylic acid groups (broad SMARTS) is 1. The van der Waals surface area contributed by atoms with Crippen molar-refractivity contribution in [3.63, 3.8) is 0 Å². The van der Waals surface area contributed by atoms with Crippen molar-refractivity contribution in [1.29, 1.82) is 0 Å². The van der Waals surface area contributed by atoms with Gasteiger partial charge in [-0.25, -0.2) is 4.98 Å². The van der Waals surface area contributed by atoms with E-state index in [1.807, 2.05) is 10.3 Å². The number of hydrogen-bond acceptors (Lipinski definition) is 5. The summed E-state index contributed by atoms with van der Waals surface area (Å²) in [4.78, 5) is 32.6. The van der Waals surface area contributed by atoms with Crippen molar-refractivity contribution in [3.05, 3.63) is 11.6 Å². The molecule has 3 aliphatic rings. The van der Waals surface area contributed by atoms with Crippen LogP contribution in [0.4, 0.5) is 5.13 Å². The van der Waals surface area contributed by atoms with Gasteiger partial charge in [-0.1, -0.05) is 6.42 Å². The topological polar surface area (TPSA) is 73.7 Å². The second-order valence-electron chi connectivity index (χ2n) is 6.70. The number of aromatic nitrogens is 1. The number of nitrogens with zero attached hydrogens (tertiary/aromatic N) is 3. The molecule has 118 valence electrons. The maximum atomic E-state index is 12.4. The van der Waals surface area contributed by atoms with Gasteiger partial charge in [0.05, 0.1) is 0 Å². The number of amides is 1. The van der Waals surface area contributed by atoms with Crippen molar-refractivity contribution in [2.24, 2.45) is 17.3 Å². The van der Waals surface area contributed by atoms with Crippen LogP contribution in [0, 0.1) is 17.3 Å². The third-order valence-corrected chi connectivity index (χ3v) is 6.32. The van der Waals surface area contributed by atoms with Crippen molar-refractivity contribution in [1.82, 2.24) is 9.88 Å². The standard InChI is InChI=1S/C15H19N3O3S/c19-12(10-2-1-3-10)17-6-11-7-18(14-16-4-5-22-14)9-15(11,8-17)13(20)21/h4-5,10-11H,1-3,6-9H2,(H,20,21)/t11-,15-/m1/s1. The molecule has 1 N–H and O–H groups in total. The van der Waals surface area contributed by atoms with Gasteiger partial charge in [0.25, 0.3) is 0 Å². The minimum atomic E-state index is -0.828. The molecular formula is C15H19N3O3S.